The predicted octanol–water partition coefficient (Wildman–Crippen LogP) is 4.63. The smallest absolute Gasteiger partial charge is 0.310 e. The number of amides is 2. The molecule has 2 aromatic rings. The van der Waals surface area contributed by atoms with E-state index in [2.05, 4.69) is 16.0 Å². The van der Waals surface area contributed by atoms with E-state index in [1.165, 1.54) is 0 Å². The zero-order valence-electron chi connectivity index (χ0n) is 16.1. The third-order valence-corrected chi connectivity index (χ3v) is 6.64. The fourth-order valence-electron chi connectivity index (χ4n) is 3.67. The minimum atomic E-state index is -9.75. The number of carbonyl (C=O) groups is 2. The first-order valence-corrected chi connectivity index (χ1v) is 11.5. The van der Waals surface area contributed by atoms with Crippen LogP contribution in [0.25, 0.3) is 0 Å². The van der Waals surface area contributed by atoms with Crippen LogP contribution in [0.4, 0.5) is 19.4 Å². The Morgan fingerprint density at radius 1 is 0.968 bits per heavy atom. The van der Waals surface area contributed by atoms with E-state index in [0.29, 0.717) is 30.5 Å². The molecule has 2 fully saturated rings. The van der Waals surface area contributed by atoms with Gasteiger partial charge in [-0.1, -0.05) is 61.9 Å². The Labute approximate surface area is 175 Å². The van der Waals surface area contributed by atoms with Gasteiger partial charge in [-0.25, -0.2) is 0 Å². The van der Waals surface area contributed by atoms with Gasteiger partial charge in [-0.3, -0.25) is 14.9 Å². The van der Waals surface area contributed by atoms with Crippen LogP contribution in [0.1, 0.15) is 36.6 Å². The topological polar surface area (TPSA) is 70.2 Å². The van der Waals surface area contributed by atoms with E-state index in [0.717, 1.165) is 17.7 Å². The zero-order valence-corrected chi connectivity index (χ0v) is 16.9. The van der Waals surface area contributed by atoms with Crippen LogP contribution in [0.5, 0.6) is 0 Å². The fraction of sp³-hybridized carbons (Fsp3) is 0.300. The molecule has 2 aliphatic rings. The van der Waals surface area contributed by atoms with Crippen molar-refractivity contribution in [2.24, 2.45) is 0 Å². The third kappa shape index (κ3) is 4.67. The second kappa shape index (κ2) is 6.42. The number of rotatable bonds is 5. The molecule has 1 saturated carbocycles. The highest BCUT2D eigenvalue weighted by atomic mass is 32.5. The van der Waals surface area contributed by atoms with Crippen molar-refractivity contribution in [2.45, 2.75) is 41.9 Å². The third-order valence-electron chi connectivity index (χ3n) is 5.48. The number of nitrogens with one attached hydrogen (secondary N) is 3. The lowest BCUT2D eigenvalue weighted by Crippen LogP contribution is -2.57. The lowest BCUT2D eigenvalue weighted by molar-refractivity contribution is -0.132. The van der Waals surface area contributed by atoms with Crippen molar-refractivity contribution >= 4 is 22.0 Å². The van der Waals surface area contributed by atoms with Crippen molar-refractivity contribution in [1.82, 2.24) is 16.0 Å². The molecule has 4 rings (SSSR count). The molecule has 0 spiro atoms. The van der Waals surface area contributed by atoms with Gasteiger partial charge in [-0.15, -0.1) is 0 Å². The number of hydrogen-bond donors (Lipinski definition) is 3. The standard InChI is InChI=1S/C20H20F5N3O2S/c21-31(22,23,24,25)15-8-6-14(7-9-15)20(10-11-20)28-19(30)16-12-17(29)27-18(26-16)13-4-2-1-3-5-13/h1-9,16,18,26H,10-12H2,(H,27,29)(H,28,30). The molecule has 31 heavy (non-hydrogen) atoms. The summed E-state index contributed by atoms with van der Waals surface area (Å²) in [6.07, 6.45) is 0.240. The van der Waals surface area contributed by atoms with Crippen LogP contribution in [0, 0.1) is 0 Å². The highest BCUT2D eigenvalue weighted by Gasteiger charge is 2.65. The average molecular weight is 461 g/mol. The summed E-state index contributed by atoms with van der Waals surface area (Å²) in [6.45, 7) is 0. The summed E-state index contributed by atoms with van der Waals surface area (Å²) in [5.74, 6) is -0.803. The molecule has 2 amide bonds. The van der Waals surface area contributed by atoms with Gasteiger partial charge < -0.3 is 10.6 Å². The molecule has 2 unspecified atom stereocenters. The minimum absolute atomic E-state index is 0.103. The molecular weight excluding hydrogens is 441 g/mol. The molecular formula is C20H20F5N3O2S. The molecule has 0 radical (unpaired) electrons. The summed E-state index contributed by atoms with van der Waals surface area (Å²) in [4.78, 5) is 23.0. The van der Waals surface area contributed by atoms with E-state index >= 15 is 0 Å². The van der Waals surface area contributed by atoms with Crippen molar-refractivity contribution in [1.29, 1.82) is 0 Å². The quantitative estimate of drug-likeness (QED) is 0.569. The zero-order chi connectivity index (χ0) is 22.6. The van der Waals surface area contributed by atoms with Gasteiger partial charge in [0.25, 0.3) is 0 Å². The summed E-state index contributed by atoms with van der Waals surface area (Å²) in [5.41, 5.74) is 0.151. The molecule has 0 aromatic heterocycles. The normalized spacial score (nSPS) is 25.0. The molecule has 1 heterocycles. The molecule has 3 N–H and O–H groups in total. The molecule has 2 aromatic carbocycles. The van der Waals surface area contributed by atoms with Crippen molar-refractivity contribution < 1.29 is 29.0 Å². The highest BCUT2D eigenvalue weighted by molar-refractivity contribution is 8.45. The van der Waals surface area contributed by atoms with E-state index in [-0.39, 0.29) is 12.3 Å². The van der Waals surface area contributed by atoms with E-state index in [4.69, 9.17) is 0 Å². The van der Waals surface area contributed by atoms with Crippen LogP contribution in [0.2, 0.25) is 0 Å². The van der Waals surface area contributed by atoms with Gasteiger partial charge >= 0.3 is 10.2 Å². The van der Waals surface area contributed by atoms with Crippen LogP contribution in [-0.4, -0.2) is 17.9 Å². The van der Waals surface area contributed by atoms with Gasteiger partial charge in [0.05, 0.1) is 18.0 Å². The number of benzene rings is 2. The molecule has 11 heteroatoms. The summed E-state index contributed by atoms with van der Waals surface area (Å²) in [6, 6.07) is 10.8. The predicted molar refractivity (Wildman–Crippen MR) is 106 cm³/mol. The second-order valence-electron chi connectivity index (χ2n) is 7.90. The first-order chi connectivity index (χ1) is 14.3. The van der Waals surface area contributed by atoms with Crippen molar-refractivity contribution in [2.75, 3.05) is 0 Å². The van der Waals surface area contributed by atoms with Gasteiger partial charge in [0.15, 0.2) is 0 Å². The first kappa shape index (κ1) is 21.6. The Hall–Kier alpha value is -2.66. The Morgan fingerprint density at radius 2 is 1.58 bits per heavy atom. The summed E-state index contributed by atoms with van der Waals surface area (Å²) >= 11 is 0. The summed E-state index contributed by atoms with van der Waals surface area (Å²) in [7, 11) is -9.75. The number of halogens is 5. The van der Waals surface area contributed by atoms with E-state index in [1.807, 2.05) is 6.07 Å². The Bertz CT molecular complexity index is 1030. The van der Waals surface area contributed by atoms with E-state index < -0.39 is 38.8 Å². The van der Waals surface area contributed by atoms with E-state index in [9.17, 15) is 29.0 Å². The Morgan fingerprint density at radius 3 is 2.13 bits per heavy atom. The maximum atomic E-state index is 12.9. The van der Waals surface area contributed by atoms with Gasteiger partial charge in [-0.05, 0) is 36.1 Å². The maximum absolute atomic E-state index is 12.9. The van der Waals surface area contributed by atoms with Gasteiger partial charge in [0.1, 0.15) is 11.1 Å². The monoisotopic (exact) mass is 461 g/mol. The van der Waals surface area contributed by atoms with Crippen LogP contribution < -0.4 is 16.0 Å². The molecule has 1 aliphatic carbocycles. The largest absolute Gasteiger partial charge is 0.345 e. The van der Waals surface area contributed by atoms with Crippen molar-refractivity contribution in [3.63, 3.8) is 0 Å². The first-order valence-electron chi connectivity index (χ1n) is 9.53. The lowest BCUT2D eigenvalue weighted by atomic mass is 10.0. The van der Waals surface area contributed by atoms with Crippen molar-refractivity contribution in [3.8, 4) is 0 Å². The van der Waals surface area contributed by atoms with Gasteiger partial charge in [-0.2, -0.15) is 0 Å². The Balaban J connectivity index is 1.49. The number of hydrogen-bond acceptors (Lipinski definition) is 3. The van der Waals surface area contributed by atoms with Crippen LogP contribution in [0.3, 0.4) is 0 Å². The summed E-state index contributed by atoms with van der Waals surface area (Å²) in [5, 5.41) is 8.59. The SMILES string of the molecule is O=C1CC(C(=O)NC2(c3ccc(S(F)(F)(F)(F)F)cc3)CC2)NC(c2ccccc2)N1. The average Bonchev–Trinajstić information content (AvgIpc) is 3.47. The second-order valence-corrected chi connectivity index (χ2v) is 10.3. The summed E-state index contributed by atoms with van der Waals surface area (Å²) < 4.78 is 64.7. The maximum Gasteiger partial charge on any atom is 0.310 e. The molecule has 2 atom stereocenters. The van der Waals surface area contributed by atoms with Crippen LogP contribution in [0.15, 0.2) is 59.5 Å². The molecule has 1 saturated heterocycles. The van der Waals surface area contributed by atoms with Gasteiger partial charge in [0.2, 0.25) is 11.8 Å². The lowest BCUT2D eigenvalue weighted by Gasteiger charge is -2.40. The van der Waals surface area contributed by atoms with Crippen LogP contribution >= 0.6 is 10.2 Å². The molecule has 0 bridgehead atoms. The number of carbonyl (C=O) groups excluding carboxylic acids is 2. The van der Waals surface area contributed by atoms with E-state index in [1.54, 1.807) is 24.3 Å². The molecule has 5 nitrogen and oxygen atoms in total. The molecule has 168 valence electrons. The highest BCUT2D eigenvalue weighted by Crippen LogP contribution is 3.02. The Kier molecular flexibility index (Phi) is 4.47. The van der Waals surface area contributed by atoms with Crippen LogP contribution in [-0.2, 0) is 15.1 Å². The van der Waals surface area contributed by atoms with Crippen molar-refractivity contribution in [3.05, 3.63) is 65.7 Å². The minimum Gasteiger partial charge on any atom is -0.345 e. The fourth-order valence-corrected chi connectivity index (χ4v) is 4.32. The molecule has 1 aliphatic heterocycles. The van der Waals surface area contributed by atoms with Gasteiger partial charge in [0, 0.05) is 0 Å².